The fourth-order valence-electron chi connectivity index (χ4n) is 1.39. The maximum Gasteiger partial charge on any atom is 0.183 e. The van der Waals surface area contributed by atoms with E-state index in [1.165, 1.54) is 0 Å². The van der Waals surface area contributed by atoms with Gasteiger partial charge in [-0.1, -0.05) is 0 Å². The van der Waals surface area contributed by atoms with Gasteiger partial charge in [0.2, 0.25) is 0 Å². The van der Waals surface area contributed by atoms with Gasteiger partial charge in [0.1, 0.15) is 6.10 Å². The first kappa shape index (κ1) is 9.92. The summed E-state index contributed by atoms with van der Waals surface area (Å²) in [5, 5.41) is 0. The van der Waals surface area contributed by atoms with Crippen LogP contribution in [0, 0.1) is 0 Å². The van der Waals surface area contributed by atoms with Crippen LogP contribution < -0.4 is 5.73 Å². The molecule has 0 spiro atoms. The van der Waals surface area contributed by atoms with Crippen molar-refractivity contribution in [3.05, 3.63) is 0 Å². The van der Waals surface area contributed by atoms with Gasteiger partial charge in [0.15, 0.2) is 6.29 Å². The Bertz CT molecular complexity index is 126. The second kappa shape index (κ2) is 4.18. The minimum atomic E-state index is -0.273. The molecule has 0 aromatic carbocycles. The summed E-state index contributed by atoms with van der Waals surface area (Å²) in [7, 11) is 3.25. The molecule has 0 aromatic heterocycles. The van der Waals surface area contributed by atoms with Gasteiger partial charge in [-0.15, -0.1) is 0 Å². The minimum absolute atomic E-state index is 0.0406. The van der Waals surface area contributed by atoms with Gasteiger partial charge < -0.3 is 19.9 Å². The molecule has 4 heteroatoms. The van der Waals surface area contributed by atoms with E-state index in [9.17, 15) is 0 Å². The first-order valence-corrected chi connectivity index (χ1v) is 4.15. The van der Waals surface area contributed by atoms with Gasteiger partial charge in [-0.3, -0.25) is 0 Å². The van der Waals surface area contributed by atoms with Gasteiger partial charge in [0, 0.05) is 20.3 Å². The quantitative estimate of drug-likeness (QED) is 0.647. The van der Waals surface area contributed by atoms with Crippen molar-refractivity contribution in [1.29, 1.82) is 0 Å². The largest absolute Gasteiger partial charge is 0.376 e. The number of methoxy groups -OCH3 is 2. The number of hydrogen-bond donors (Lipinski definition) is 1. The third-order valence-electron chi connectivity index (χ3n) is 2.29. The summed E-state index contributed by atoms with van der Waals surface area (Å²) in [6.07, 6.45) is 0.517. The number of nitrogens with two attached hydrogens (primary N) is 1. The topological polar surface area (TPSA) is 53.7 Å². The maximum atomic E-state index is 5.80. The molecule has 1 saturated heterocycles. The molecule has 1 fully saturated rings. The van der Waals surface area contributed by atoms with E-state index in [0.29, 0.717) is 0 Å². The first-order valence-electron chi connectivity index (χ1n) is 4.15. The Labute approximate surface area is 73.0 Å². The van der Waals surface area contributed by atoms with Gasteiger partial charge in [0.05, 0.1) is 6.10 Å². The molecule has 0 bridgehead atoms. The molecule has 4 atom stereocenters. The molecule has 0 unspecified atom stereocenters. The van der Waals surface area contributed by atoms with Crippen LogP contribution in [0.25, 0.3) is 0 Å². The summed E-state index contributed by atoms with van der Waals surface area (Å²) in [5.74, 6) is 0. The van der Waals surface area contributed by atoms with Crippen molar-refractivity contribution >= 4 is 0 Å². The highest BCUT2D eigenvalue weighted by Gasteiger charge is 2.34. The van der Waals surface area contributed by atoms with E-state index >= 15 is 0 Å². The Balaban J connectivity index is 2.52. The van der Waals surface area contributed by atoms with Gasteiger partial charge in [-0.2, -0.15) is 0 Å². The van der Waals surface area contributed by atoms with E-state index in [2.05, 4.69) is 0 Å². The van der Waals surface area contributed by atoms with E-state index in [-0.39, 0.29) is 24.5 Å². The fourth-order valence-corrected chi connectivity index (χ4v) is 1.39. The SMILES string of the molecule is CO[C@H]1O[C@H](C)[C@@H](N)C[C@@H]1OC. The molecular formula is C8H17NO3. The van der Waals surface area contributed by atoms with Gasteiger partial charge in [-0.05, 0) is 13.3 Å². The van der Waals surface area contributed by atoms with Gasteiger partial charge >= 0.3 is 0 Å². The zero-order valence-electron chi connectivity index (χ0n) is 7.82. The average Bonchev–Trinajstić information content (AvgIpc) is 2.09. The number of hydrogen-bond acceptors (Lipinski definition) is 4. The Morgan fingerprint density at radius 1 is 1.33 bits per heavy atom. The van der Waals surface area contributed by atoms with Crippen molar-refractivity contribution in [2.24, 2.45) is 5.73 Å². The van der Waals surface area contributed by atoms with E-state index in [1.54, 1.807) is 14.2 Å². The molecule has 0 saturated carbocycles. The van der Waals surface area contributed by atoms with Crippen molar-refractivity contribution in [2.45, 2.75) is 37.9 Å². The highest BCUT2D eigenvalue weighted by molar-refractivity contribution is 4.82. The highest BCUT2D eigenvalue weighted by Crippen LogP contribution is 2.21. The second-order valence-corrected chi connectivity index (χ2v) is 3.12. The lowest BCUT2D eigenvalue weighted by atomic mass is 10.0. The summed E-state index contributed by atoms with van der Waals surface area (Å²) < 4.78 is 15.8. The lowest BCUT2D eigenvalue weighted by molar-refractivity contribution is -0.236. The lowest BCUT2D eigenvalue weighted by Gasteiger charge is -2.36. The Hall–Kier alpha value is -0.160. The van der Waals surface area contributed by atoms with Crippen LogP contribution in [0.3, 0.4) is 0 Å². The second-order valence-electron chi connectivity index (χ2n) is 3.12. The normalized spacial score (nSPS) is 43.0. The van der Waals surface area contributed by atoms with Crippen LogP contribution in [0.1, 0.15) is 13.3 Å². The maximum absolute atomic E-state index is 5.80. The standard InChI is InChI=1S/C8H17NO3/c1-5-6(9)4-7(10-2)8(11-3)12-5/h5-8H,4,9H2,1-3H3/t5-,6+,7+,8+/m1/s1. The molecule has 72 valence electrons. The third kappa shape index (κ3) is 1.95. The summed E-state index contributed by atoms with van der Waals surface area (Å²) in [6, 6.07) is 0.0429. The third-order valence-corrected chi connectivity index (χ3v) is 2.29. The van der Waals surface area contributed by atoms with Gasteiger partial charge in [-0.25, -0.2) is 0 Å². The molecule has 4 nitrogen and oxygen atoms in total. The Kier molecular flexibility index (Phi) is 3.46. The van der Waals surface area contributed by atoms with Gasteiger partial charge in [0.25, 0.3) is 0 Å². The van der Waals surface area contributed by atoms with Crippen LogP contribution in [0.5, 0.6) is 0 Å². The van der Waals surface area contributed by atoms with Crippen LogP contribution in [0.15, 0.2) is 0 Å². The zero-order valence-corrected chi connectivity index (χ0v) is 7.82. The Morgan fingerprint density at radius 2 is 2.00 bits per heavy atom. The molecular weight excluding hydrogens is 158 g/mol. The van der Waals surface area contributed by atoms with Crippen LogP contribution in [0.4, 0.5) is 0 Å². The molecule has 2 N–H and O–H groups in total. The van der Waals surface area contributed by atoms with Crippen LogP contribution >= 0.6 is 0 Å². The molecule has 12 heavy (non-hydrogen) atoms. The van der Waals surface area contributed by atoms with E-state index in [4.69, 9.17) is 19.9 Å². The molecule has 1 aliphatic rings. The summed E-state index contributed by atoms with van der Waals surface area (Å²) in [6.45, 7) is 1.95. The number of ether oxygens (including phenoxy) is 3. The van der Waals surface area contributed by atoms with Crippen molar-refractivity contribution in [2.75, 3.05) is 14.2 Å². The summed E-state index contributed by atoms with van der Waals surface area (Å²) in [5.41, 5.74) is 5.80. The van der Waals surface area contributed by atoms with Crippen molar-refractivity contribution < 1.29 is 14.2 Å². The lowest BCUT2D eigenvalue weighted by Crippen LogP contribution is -2.51. The molecule has 0 radical (unpaired) electrons. The minimum Gasteiger partial charge on any atom is -0.376 e. The van der Waals surface area contributed by atoms with E-state index < -0.39 is 0 Å². The molecule has 0 aromatic rings. The molecule has 0 aliphatic carbocycles. The molecule has 1 aliphatic heterocycles. The predicted octanol–water partition coefficient (Wildman–Crippen LogP) is 0.110. The first-order chi connectivity index (χ1) is 5.69. The highest BCUT2D eigenvalue weighted by atomic mass is 16.7. The van der Waals surface area contributed by atoms with E-state index in [0.717, 1.165) is 6.42 Å². The summed E-state index contributed by atoms with van der Waals surface area (Å²) >= 11 is 0. The Morgan fingerprint density at radius 3 is 2.50 bits per heavy atom. The average molecular weight is 175 g/mol. The van der Waals surface area contributed by atoms with E-state index in [1.807, 2.05) is 6.92 Å². The predicted molar refractivity (Wildman–Crippen MR) is 44.7 cm³/mol. The molecule has 1 heterocycles. The molecule has 0 amide bonds. The fraction of sp³-hybridized carbons (Fsp3) is 1.00. The number of rotatable bonds is 2. The van der Waals surface area contributed by atoms with Crippen LogP contribution in [-0.4, -0.2) is 38.8 Å². The smallest absolute Gasteiger partial charge is 0.183 e. The van der Waals surface area contributed by atoms with Crippen molar-refractivity contribution in [1.82, 2.24) is 0 Å². The molecule has 1 rings (SSSR count). The summed E-state index contributed by atoms with van der Waals surface area (Å²) in [4.78, 5) is 0. The van der Waals surface area contributed by atoms with Crippen molar-refractivity contribution in [3.63, 3.8) is 0 Å². The zero-order chi connectivity index (χ0) is 9.14. The monoisotopic (exact) mass is 175 g/mol. The van der Waals surface area contributed by atoms with Crippen LogP contribution in [-0.2, 0) is 14.2 Å². The van der Waals surface area contributed by atoms with Crippen molar-refractivity contribution in [3.8, 4) is 0 Å². The van der Waals surface area contributed by atoms with Crippen LogP contribution in [0.2, 0.25) is 0 Å².